The van der Waals surface area contributed by atoms with Crippen LogP contribution in [0.15, 0.2) is 30.3 Å². The van der Waals surface area contributed by atoms with Gasteiger partial charge < -0.3 is 9.84 Å². The van der Waals surface area contributed by atoms with Gasteiger partial charge in [-0.1, -0.05) is 30.3 Å². The van der Waals surface area contributed by atoms with E-state index in [1.807, 2.05) is 30.3 Å². The summed E-state index contributed by atoms with van der Waals surface area (Å²) in [5.74, 6) is -0.257. The lowest BCUT2D eigenvalue weighted by Crippen LogP contribution is -2.06. The van der Waals surface area contributed by atoms with Gasteiger partial charge in [0.2, 0.25) is 0 Å². The number of carbonyl (C=O) groups is 1. The molecule has 0 aliphatic rings. The van der Waals surface area contributed by atoms with Crippen LogP contribution >= 0.6 is 0 Å². The third-order valence-electron chi connectivity index (χ3n) is 2.11. The van der Waals surface area contributed by atoms with Crippen molar-refractivity contribution < 1.29 is 14.6 Å². The van der Waals surface area contributed by atoms with Gasteiger partial charge in [0.1, 0.15) is 0 Å². The quantitative estimate of drug-likeness (QED) is 0.753. The zero-order valence-corrected chi connectivity index (χ0v) is 8.85. The third-order valence-corrected chi connectivity index (χ3v) is 2.11. The lowest BCUT2D eigenvalue weighted by molar-refractivity contribution is -0.143. The van der Waals surface area contributed by atoms with Crippen molar-refractivity contribution in [1.82, 2.24) is 0 Å². The number of ether oxygens (including phenoxy) is 1. The van der Waals surface area contributed by atoms with Crippen LogP contribution in [0.2, 0.25) is 0 Å². The molecular weight excluding hydrogens is 192 g/mol. The molecule has 1 aromatic carbocycles. The van der Waals surface area contributed by atoms with Crippen molar-refractivity contribution in [2.75, 3.05) is 6.61 Å². The molecule has 0 aliphatic carbocycles. The molecule has 0 fully saturated rings. The van der Waals surface area contributed by atoms with Gasteiger partial charge in [0.15, 0.2) is 0 Å². The number of rotatable bonds is 5. The maximum atomic E-state index is 11.0. The number of aliphatic hydroxyl groups is 1. The van der Waals surface area contributed by atoms with Crippen molar-refractivity contribution in [1.29, 1.82) is 0 Å². The Morgan fingerprint density at radius 3 is 2.67 bits per heavy atom. The first-order valence-corrected chi connectivity index (χ1v) is 5.12. The highest BCUT2D eigenvalue weighted by Crippen LogP contribution is 2.17. The van der Waals surface area contributed by atoms with Crippen LogP contribution in [-0.2, 0) is 9.53 Å². The number of aliphatic hydroxyl groups excluding tert-OH is 1. The first kappa shape index (κ1) is 11.7. The summed E-state index contributed by atoms with van der Waals surface area (Å²) in [5, 5.41) is 9.73. The molecule has 82 valence electrons. The van der Waals surface area contributed by atoms with Crippen LogP contribution in [0.3, 0.4) is 0 Å². The van der Waals surface area contributed by atoms with Crippen LogP contribution in [-0.4, -0.2) is 17.7 Å². The predicted molar refractivity (Wildman–Crippen MR) is 57.3 cm³/mol. The molecule has 0 radical (unpaired) electrons. The summed E-state index contributed by atoms with van der Waals surface area (Å²) in [4.78, 5) is 11.0. The summed E-state index contributed by atoms with van der Waals surface area (Å²) in [6.45, 7) is 2.16. The topological polar surface area (TPSA) is 46.5 Å². The molecule has 0 spiro atoms. The normalized spacial score (nSPS) is 12.1. The van der Waals surface area contributed by atoms with Crippen molar-refractivity contribution in [3.63, 3.8) is 0 Å². The minimum Gasteiger partial charge on any atom is -0.466 e. The Hall–Kier alpha value is -1.35. The molecule has 1 unspecified atom stereocenters. The summed E-state index contributed by atoms with van der Waals surface area (Å²) in [6, 6.07) is 9.30. The Bertz CT molecular complexity index is 295. The minimum absolute atomic E-state index is 0.254. The van der Waals surface area contributed by atoms with E-state index in [0.29, 0.717) is 13.0 Å². The van der Waals surface area contributed by atoms with Gasteiger partial charge in [0.25, 0.3) is 0 Å². The third kappa shape index (κ3) is 4.13. The fourth-order valence-electron chi connectivity index (χ4n) is 1.33. The number of benzene rings is 1. The zero-order chi connectivity index (χ0) is 11.1. The van der Waals surface area contributed by atoms with Crippen molar-refractivity contribution >= 4 is 5.97 Å². The maximum Gasteiger partial charge on any atom is 0.305 e. The second-order valence-electron chi connectivity index (χ2n) is 3.27. The average Bonchev–Trinajstić information content (AvgIpc) is 2.27. The van der Waals surface area contributed by atoms with Crippen LogP contribution in [0.25, 0.3) is 0 Å². The Balaban J connectivity index is 2.37. The molecule has 3 heteroatoms. The zero-order valence-electron chi connectivity index (χ0n) is 8.85. The fourth-order valence-corrected chi connectivity index (χ4v) is 1.33. The van der Waals surface area contributed by atoms with E-state index in [4.69, 9.17) is 4.74 Å². The molecule has 0 aliphatic heterocycles. The van der Waals surface area contributed by atoms with Crippen LogP contribution in [0.4, 0.5) is 0 Å². The van der Waals surface area contributed by atoms with E-state index >= 15 is 0 Å². The van der Waals surface area contributed by atoms with Crippen molar-refractivity contribution in [3.8, 4) is 0 Å². The van der Waals surface area contributed by atoms with Gasteiger partial charge in [-0.05, 0) is 18.9 Å². The first-order valence-electron chi connectivity index (χ1n) is 5.12. The molecule has 0 saturated heterocycles. The molecule has 1 aromatic rings. The molecule has 1 rings (SSSR count). The molecule has 0 bridgehead atoms. The monoisotopic (exact) mass is 208 g/mol. The van der Waals surface area contributed by atoms with Crippen molar-refractivity contribution in [2.45, 2.75) is 25.9 Å². The van der Waals surface area contributed by atoms with Gasteiger partial charge >= 0.3 is 5.97 Å². The highest BCUT2D eigenvalue weighted by Gasteiger charge is 2.10. The molecule has 0 saturated carbocycles. The highest BCUT2D eigenvalue weighted by atomic mass is 16.5. The van der Waals surface area contributed by atoms with Gasteiger partial charge in [0, 0.05) is 6.42 Å². The second kappa shape index (κ2) is 6.19. The predicted octanol–water partition coefficient (Wildman–Crippen LogP) is 2.06. The van der Waals surface area contributed by atoms with Crippen LogP contribution in [0.1, 0.15) is 31.4 Å². The van der Waals surface area contributed by atoms with Gasteiger partial charge in [-0.2, -0.15) is 0 Å². The minimum atomic E-state index is -0.587. The fraction of sp³-hybridized carbons (Fsp3) is 0.417. The molecule has 1 N–H and O–H groups in total. The van der Waals surface area contributed by atoms with E-state index in [0.717, 1.165) is 5.56 Å². The molecule has 3 nitrogen and oxygen atoms in total. The lowest BCUT2D eigenvalue weighted by atomic mass is 10.1. The molecular formula is C12H16O3. The average molecular weight is 208 g/mol. The van der Waals surface area contributed by atoms with Gasteiger partial charge in [-0.15, -0.1) is 0 Å². The summed E-state index contributed by atoms with van der Waals surface area (Å²) >= 11 is 0. The standard InChI is InChI=1S/C12H16O3/c1-2-15-12(14)9-8-11(13)10-6-4-3-5-7-10/h3-7,11,13H,2,8-9H2,1H3. The molecule has 0 aromatic heterocycles. The summed E-state index contributed by atoms with van der Waals surface area (Å²) in [6.07, 6.45) is 0.0721. The summed E-state index contributed by atoms with van der Waals surface area (Å²) in [5.41, 5.74) is 0.835. The maximum absolute atomic E-state index is 11.0. The van der Waals surface area contributed by atoms with E-state index in [1.54, 1.807) is 6.92 Å². The summed E-state index contributed by atoms with van der Waals surface area (Å²) in [7, 11) is 0. The Morgan fingerprint density at radius 1 is 1.40 bits per heavy atom. The number of carbonyl (C=O) groups excluding carboxylic acids is 1. The molecule has 15 heavy (non-hydrogen) atoms. The van der Waals surface area contributed by atoms with Crippen LogP contribution in [0.5, 0.6) is 0 Å². The van der Waals surface area contributed by atoms with Gasteiger partial charge in [0.05, 0.1) is 12.7 Å². The second-order valence-corrected chi connectivity index (χ2v) is 3.27. The van der Waals surface area contributed by atoms with Crippen molar-refractivity contribution in [3.05, 3.63) is 35.9 Å². The van der Waals surface area contributed by atoms with E-state index < -0.39 is 6.10 Å². The van der Waals surface area contributed by atoms with Gasteiger partial charge in [-0.3, -0.25) is 4.79 Å². The Labute approximate surface area is 89.7 Å². The first-order chi connectivity index (χ1) is 7.24. The SMILES string of the molecule is CCOC(=O)CCC(O)c1ccccc1. The lowest BCUT2D eigenvalue weighted by Gasteiger charge is -2.09. The van der Waals surface area contributed by atoms with Crippen LogP contribution < -0.4 is 0 Å². The smallest absolute Gasteiger partial charge is 0.305 e. The molecule has 0 amide bonds. The van der Waals surface area contributed by atoms with Crippen molar-refractivity contribution in [2.24, 2.45) is 0 Å². The highest BCUT2D eigenvalue weighted by molar-refractivity contribution is 5.69. The number of esters is 1. The number of hydrogen-bond acceptors (Lipinski definition) is 3. The van der Waals surface area contributed by atoms with E-state index in [2.05, 4.69) is 0 Å². The molecule has 0 heterocycles. The Morgan fingerprint density at radius 2 is 2.07 bits per heavy atom. The number of hydrogen-bond donors (Lipinski definition) is 1. The van der Waals surface area contributed by atoms with E-state index in [1.165, 1.54) is 0 Å². The largest absolute Gasteiger partial charge is 0.466 e. The van der Waals surface area contributed by atoms with E-state index in [-0.39, 0.29) is 12.4 Å². The Kier molecular flexibility index (Phi) is 4.84. The summed E-state index contributed by atoms with van der Waals surface area (Å²) < 4.78 is 4.78. The van der Waals surface area contributed by atoms with Crippen LogP contribution in [0, 0.1) is 0 Å². The molecule has 1 atom stereocenters. The van der Waals surface area contributed by atoms with Gasteiger partial charge in [-0.25, -0.2) is 0 Å². The van der Waals surface area contributed by atoms with E-state index in [9.17, 15) is 9.90 Å².